The molecule has 0 radical (unpaired) electrons. The fourth-order valence-corrected chi connectivity index (χ4v) is 3.14. The maximum absolute atomic E-state index is 12.2. The van der Waals surface area contributed by atoms with E-state index in [4.69, 9.17) is 4.74 Å². The summed E-state index contributed by atoms with van der Waals surface area (Å²) in [6.45, 7) is 6.86. The van der Waals surface area contributed by atoms with Crippen LogP contribution in [0.4, 0.5) is 0 Å². The van der Waals surface area contributed by atoms with Crippen molar-refractivity contribution in [2.45, 2.75) is 45.6 Å². The predicted octanol–water partition coefficient (Wildman–Crippen LogP) is 2.10. The molecule has 0 aromatic carbocycles. The normalized spacial score (nSPS) is 30.1. The number of carbonyl (C=O) groups is 1. The molecule has 1 heterocycles. The van der Waals surface area contributed by atoms with E-state index in [1.54, 1.807) is 0 Å². The monoisotopic (exact) mass is 239 g/mol. The zero-order valence-corrected chi connectivity index (χ0v) is 11.4. The van der Waals surface area contributed by atoms with Crippen LogP contribution in [0.25, 0.3) is 0 Å². The lowest BCUT2D eigenvalue weighted by molar-refractivity contribution is -0.128. The second-order valence-corrected chi connectivity index (χ2v) is 6.27. The van der Waals surface area contributed by atoms with Gasteiger partial charge in [-0.05, 0) is 32.7 Å². The first-order valence-corrected chi connectivity index (χ1v) is 6.83. The third-order valence-electron chi connectivity index (χ3n) is 4.48. The molecule has 3 heteroatoms. The van der Waals surface area contributed by atoms with Crippen molar-refractivity contribution in [1.29, 1.82) is 0 Å². The summed E-state index contributed by atoms with van der Waals surface area (Å²) in [5.74, 6) is 0.731. The Kier molecular flexibility index (Phi) is 3.88. The van der Waals surface area contributed by atoms with Crippen LogP contribution >= 0.6 is 0 Å². The third-order valence-corrected chi connectivity index (χ3v) is 4.48. The first kappa shape index (κ1) is 13.0. The Bertz CT molecular complexity index is 282. The van der Waals surface area contributed by atoms with Gasteiger partial charge in [0.15, 0.2) is 0 Å². The minimum Gasteiger partial charge on any atom is -0.381 e. The van der Waals surface area contributed by atoms with Crippen LogP contribution in [-0.4, -0.2) is 43.5 Å². The molecule has 0 bridgehead atoms. The summed E-state index contributed by atoms with van der Waals surface area (Å²) >= 11 is 0. The van der Waals surface area contributed by atoms with Crippen LogP contribution < -0.4 is 0 Å². The van der Waals surface area contributed by atoms with Gasteiger partial charge in [0.05, 0.1) is 0 Å². The van der Waals surface area contributed by atoms with Crippen molar-refractivity contribution in [2.24, 2.45) is 11.3 Å². The lowest BCUT2D eigenvalue weighted by atomic mass is 9.89. The molecule has 0 aromatic rings. The molecule has 0 aromatic heterocycles. The van der Waals surface area contributed by atoms with Gasteiger partial charge in [-0.3, -0.25) is 4.79 Å². The smallest absolute Gasteiger partial charge is 0.142 e. The van der Waals surface area contributed by atoms with Crippen LogP contribution in [-0.2, 0) is 9.53 Å². The molecule has 1 saturated heterocycles. The summed E-state index contributed by atoms with van der Waals surface area (Å²) in [4.78, 5) is 14.6. The maximum Gasteiger partial charge on any atom is 0.142 e. The molecular formula is C14H25NO2. The fraction of sp³-hybridized carbons (Fsp3) is 0.929. The molecule has 0 N–H and O–H groups in total. The van der Waals surface area contributed by atoms with Gasteiger partial charge in [0.1, 0.15) is 5.78 Å². The first-order chi connectivity index (χ1) is 8.00. The maximum atomic E-state index is 12.2. The lowest BCUT2D eigenvalue weighted by Crippen LogP contribution is -2.40. The number of carbonyl (C=O) groups excluding carboxylic acids is 1. The van der Waals surface area contributed by atoms with Crippen LogP contribution in [0.1, 0.15) is 39.5 Å². The van der Waals surface area contributed by atoms with Gasteiger partial charge in [-0.1, -0.05) is 13.8 Å². The van der Waals surface area contributed by atoms with E-state index >= 15 is 0 Å². The second-order valence-electron chi connectivity index (χ2n) is 6.27. The minimum atomic E-state index is -0.0822. The first-order valence-electron chi connectivity index (χ1n) is 6.83. The van der Waals surface area contributed by atoms with Crippen LogP contribution in [0.2, 0.25) is 0 Å². The van der Waals surface area contributed by atoms with Crippen molar-refractivity contribution in [2.75, 3.05) is 26.8 Å². The van der Waals surface area contributed by atoms with E-state index in [1.165, 1.54) is 0 Å². The average Bonchev–Trinajstić information content (AvgIpc) is 2.57. The van der Waals surface area contributed by atoms with Crippen LogP contribution in [0.5, 0.6) is 0 Å². The third kappa shape index (κ3) is 2.89. The molecule has 17 heavy (non-hydrogen) atoms. The summed E-state index contributed by atoms with van der Waals surface area (Å²) in [5.41, 5.74) is -0.0822. The van der Waals surface area contributed by atoms with Crippen LogP contribution in [0.3, 0.4) is 0 Å². The van der Waals surface area contributed by atoms with Gasteiger partial charge in [-0.15, -0.1) is 0 Å². The fourth-order valence-electron chi connectivity index (χ4n) is 3.14. The van der Waals surface area contributed by atoms with E-state index in [-0.39, 0.29) is 11.3 Å². The van der Waals surface area contributed by atoms with Crippen molar-refractivity contribution in [1.82, 2.24) is 4.90 Å². The Morgan fingerprint density at radius 1 is 1.29 bits per heavy atom. The molecule has 3 nitrogen and oxygen atoms in total. The van der Waals surface area contributed by atoms with Crippen molar-refractivity contribution in [3.05, 3.63) is 0 Å². The number of Topliss-reactive ketones (excluding diaryl/α,β-unsaturated/α-hetero) is 1. The number of rotatable bonds is 3. The molecule has 2 rings (SSSR count). The number of hydrogen-bond acceptors (Lipinski definition) is 3. The van der Waals surface area contributed by atoms with Crippen LogP contribution in [0, 0.1) is 11.3 Å². The lowest BCUT2D eigenvalue weighted by Gasteiger charge is -2.32. The zero-order valence-electron chi connectivity index (χ0n) is 11.4. The second kappa shape index (κ2) is 5.07. The number of ether oxygens (including phenoxy) is 1. The average molecular weight is 239 g/mol. The molecule has 1 saturated carbocycles. The Balaban J connectivity index is 1.86. The Morgan fingerprint density at radius 2 is 1.94 bits per heavy atom. The summed E-state index contributed by atoms with van der Waals surface area (Å²) in [6, 6.07) is 0.611. The van der Waals surface area contributed by atoms with Crippen molar-refractivity contribution in [3.63, 3.8) is 0 Å². The Hall–Kier alpha value is -0.410. The van der Waals surface area contributed by atoms with Gasteiger partial charge in [0.25, 0.3) is 0 Å². The molecule has 0 amide bonds. The Labute approximate surface area is 105 Å². The van der Waals surface area contributed by atoms with Crippen molar-refractivity contribution in [3.8, 4) is 0 Å². The molecule has 1 unspecified atom stereocenters. The summed E-state index contributed by atoms with van der Waals surface area (Å²) in [7, 11) is 2.16. The largest absolute Gasteiger partial charge is 0.381 e. The van der Waals surface area contributed by atoms with Gasteiger partial charge >= 0.3 is 0 Å². The molecule has 1 aliphatic carbocycles. The predicted molar refractivity (Wildman–Crippen MR) is 68.0 cm³/mol. The molecule has 98 valence electrons. The number of nitrogens with zero attached hydrogens (tertiary/aromatic N) is 1. The standard InChI is InChI=1S/C14H25NO2/c1-14(2)7-4-11(13(14)16)10-15(3)12-5-8-17-9-6-12/h11-12H,4-10H2,1-3H3. The topological polar surface area (TPSA) is 29.5 Å². The van der Waals surface area contributed by atoms with Gasteiger partial charge < -0.3 is 9.64 Å². The molecular weight excluding hydrogens is 214 g/mol. The molecule has 1 atom stereocenters. The number of ketones is 1. The zero-order chi connectivity index (χ0) is 12.5. The van der Waals surface area contributed by atoms with E-state index in [0.717, 1.165) is 45.4 Å². The van der Waals surface area contributed by atoms with E-state index in [2.05, 4.69) is 25.8 Å². The van der Waals surface area contributed by atoms with Gasteiger partial charge in [0, 0.05) is 37.1 Å². The molecule has 0 spiro atoms. The molecule has 2 fully saturated rings. The van der Waals surface area contributed by atoms with E-state index in [0.29, 0.717) is 11.8 Å². The highest BCUT2D eigenvalue weighted by Gasteiger charge is 2.40. The van der Waals surface area contributed by atoms with Gasteiger partial charge in [-0.2, -0.15) is 0 Å². The van der Waals surface area contributed by atoms with E-state index < -0.39 is 0 Å². The summed E-state index contributed by atoms with van der Waals surface area (Å²) in [5, 5.41) is 0. The molecule has 1 aliphatic heterocycles. The highest BCUT2D eigenvalue weighted by Crippen LogP contribution is 2.38. The quantitative estimate of drug-likeness (QED) is 0.755. The SMILES string of the molecule is CN(CC1CCC(C)(C)C1=O)C1CCOCC1. The molecule has 2 aliphatic rings. The highest BCUT2D eigenvalue weighted by molar-refractivity contribution is 5.88. The van der Waals surface area contributed by atoms with Crippen LogP contribution in [0.15, 0.2) is 0 Å². The summed E-state index contributed by atoms with van der Waals surface area (Å²) < 4.78 is 5.38. The van der Waals surface area contributed by atoms with E-state index in [1.807, 2.05) is 0 Å². The Morgan fingerprint density at radius 3 is 2.47 bits per heavy atom. The minimum absolute atomic E-state index is 0.0822. The number of hydrogen-bond donors (Lipinski definition) is 0. The van der Waals surface area contributed by atoms with Crippen molar-refractivity contribution < 1.29 is 9.53 Å². The summed E-state index contributed by atoms with van der Waals surface area (Å²) in [6.07, 6.45) is 4.35. The van der Waals surface area contributed by atoms with Gasteiger partial charge in [0.2, 0.25) is 0 Å². The van der Waals surface area contributed by atoms with E-state index in [9.17, 15) is 4.79 Å². The van der Waals surface area contributed by atoms with Crippen molar-refractivity contribution >= 4 is 5.78 Å². The van der Waals surface area contributed by atoms with Gasteiger partial charge in [-0.25, -0.2) is 0 Å². The highest BCUT2D eigenvalue weighted by atomic mass is 16.5.